The monoisotopic (exact) mass is 590 g/mol. The highest BCUT2D eigenvalue weighted by molar-refractivity contribution is 7.16. The Hall–Kier alpha value is -4.24. The number of nitrogens with zero attached hydrogens (tertiary/aromatic N) is 8. The van der Waals surface area contributed by atoms with Crippen LogP contribution in [0.15, 0.2) is 30.3 Å². The lowest BCUT2D eigenvalue weighted by Crippen LogP contribution is -2.54. The predicted molar refractivity (Wildman–Crippen MR) is 162 cm³/mol. The first-order valence-electron chi connectivity index (χ1n) is 13.9. The van der Waals surface area contributed by atoms with Gasteiger partial charge in [-0.15, -0.1) is 0 Å². The molecule has 1 saturated heterocycles. The van der Waals surface area contributed by atoms with E-state index in [0.717, 1.165) is 22.9 Å². The van der Waals surface area contributed by atoms with Crippen LogP contribution in [0.1, 0.15) is 50.9 Å². The Labute approximate surface area is 249 Å². The summed E-state index contributed by atoms with van der Waals surface area (Å²) in [6.07, 6.45) is 0.366. The molecule has 0 spiro atoms. The molecular formula is C30H35FN8O2S. The van der Waals surface area contributed by atoms with Crippen molar-refractivity contribution >= 4 is 39.7 Å². The molecule has 1 aromatic carbocycles. The fourth-order valence-corrected chi connectivity index (χ4v) is 5.98. The molecule has 0 aliphatic carbocycles. The van der Waals surface area contributed by atoms with Crippen molar-refractivity contribution in [3.8, 4) is 17.3 Å². The molecule has 1 amide bonds. The predicted octanol–water partition coefficient (Wildman–Crippen LogP) is 5.95. The zero-order valence-electron chi connectivity index (χ0n) is 25.0. The Morgan fingerprint density at radius 1 is 1.24 bits per heavy atom. The maximum absolute atomic E-state index is 13.5. The number of carbonyl (C=O) groups is 1. The van der Waals surface area contributed by atoms with E-state index < -0.39 is 5.60 Å². The number of piperazine rings is 1. The summed E-state index contributed by atoms with van der Waals surface area (Å²) in [6.45, 7) is 13.4. The summed E-state index contributed by atoms with van der Waals surface area (Å²) in [5, 5.41) is 15.3. The summed E-state index contributed by atoms with van der Waals surface area (Å²) in [7, 11) is 1.90. The van der Waals surface area contributed by atoms with Crippen LogP contribution >= 0.6 is 11.3 Å². The van der Waals surface area contributed by atoms with Crippen LogP contribution in [0.4, 0.5) is 25.8 Å². The molecule has 4 aromatic rings. The molecule has 1 aliphatic heterocycles. The average molecular weight is 591 g/mol. The van der Waals surface area contributed by atoms with Gasteiger partial charge in [0.1, 0.15) is 39.6 Å². The number of thiazole rings is 1. The van der Waals surface area contributed by atoms with Crippen LogP contribution in [0.25, 0.3) is 16.9 Å². The number of aromatic nitrogens is 4. The largest absolute Gasteiger partial charge is 0.444 e. The quantitative estimate of drug-likeness (QED) is 0.281. The van der Waals surface area contributed by atoms with E-state index in [9.17, 15) is 14.4 Å². The second kappa shape index (κ2) is 11.2. The van der Waals surface area contributed by atoms with E-state index in [0.29, 0.717) is 53.0 Å². The minimum Gasteiger partial charge on any atom is -0.444 e. The van der Waals surface area contributed by atoms with E-state index >= 15 is 0 Å². The number of halogens is 1. The standard InChI is InChI=1S/C30H35FN8O2S/c1-8-22-26(36(7)28-34-25(23(16-32)42-28)20-9-11-21(31)12-10-20)27-33-24(15-18(2)39(27)35-22)38-14-13-37(17-19(38)3)29(40)41-30(4,5)6/h9-12,15,19H,8,13-14,17H2,1-7H3/t19-/m1/s1. The maximum atomic E-state index is 13.5. The zero-order valence-corrected chi connectivity index (χ0v) is 25.8. The number of aryl methyl sites for hydroxylation is 2. The number of anilines is 3. The third-order valence-electron chi connectivity index (χ3n) is 7.16. The topological polar surface area (TPSA) is 103 Å². The number of hydrogen-bond donors (Lipinski definition) is 0. The highest BCUT2D eigenvalue weighted by Gasteiger charge is 2.31. The summed E-state index contributed by atoms with van der Waals surface area (Å²) >= 11 is 1.27. The average Bonchev–Trinajstić information content (AvgIpc) is 3.54. The van der Waals surface area contributed by atoms with Crippen molar-refractivity contribution in [2.45, 2.75) is 59.6 Å². The number of rotatable bonds is 5. The molecule has 0 bridgehead atoms. The Morgan fingerprint density at radius 2 is 1.95 bits per heavy atom. The molecule has 0 radical (unpaired) electrons. The van der Waals surface area contributed by atoms with Crippen molar-refractivity contribution in [3.63, 3.8) is 0 Å². The minimum absolute atomic E-state index is 0.0192. The third kappa shape index (κ3) is 5.61. The summed E-state index contributed by atoms with van der Waals surface area (Å²) in [5.74, 6) is 0.457. The van der Waals surface area contributed by atoms with E-state index in [1.54, 1.807) is 17.0 Å². The van der Waals surface area contributed by atoms with Crippen LogP contribution in [0.5, 0.6) is 0 Å². The van der Waals surface area contributed by atoms with Gasteiger partial charge in [-0.05, 0) is 65.3 Å². The fraction of sp³-hybridized carbons (Fsp3) is 0.433. The van der Waals surface area contributed by atoms with Crippen LogP contribution in [-0.4, -0.2) is 68.9 Å². The van der Waals surface area contributed by atoms with Gasteiger partial charge in [-0.3, -0.25) is 0 Å². The molecule has 12 heteroatoms. The first-order chi connectivity index (χ1) is 19.9. The van der Waals surface area contributed by atoms with Gasteiger partial charge in [0, 0.05) is 50.0 Å². The molecule has 0 saturated carbocycles. The molecule has 220 valence electrons. The lowest BCUT2D eigenvalue weighted by atomic mass is 10.1. The van der Waals surface area contributed by atoms with Gasteiger partial charge in [-0.2, -0.15) is 10.4 Å². The first kappa shape index (κ1) is 29.3. The van der Waals surface area contributed by atoms with E-state index in [-0.39, 0.29) is 18.0 Å². The molecule has 0 N–H and O–H groups in total. The number of carbonyl (C=O) groups excluding carboxylic acids is 1. The van der Waals surface area contributed by atoms with Crippen molar-refractivity contribution in [1.29, 1.82) is 5.26 Å². The van der Waals surface area contributed by atoms with Crippen molar-refractivity contribution in [3.05, 3.63) is 52.4 Å². The van der Waals surface area contributed by atoms with Gasteiger partial charge in [-0.25, -0.2) is 23.7 Å². The number of hydrogen-bond acceptors (Lipinski definition) is 9. The molecular weight excluding hydrogens is 555 g/mol. The zero-order chi connectivity index (χ0) is 30.3. The van der Waals surface area contributed by atoms with Gasteiger partial charge < -0.3 is 19.4 Å². The molecule has 1 aliphatic rings. The molecule has 10 nitrogen and oxygen atoms in total. The van der Waals surface area contributed by atoms with E-state index in [1.807, 2.05) is 57.1 Å². The van der Waals surface area contributed by atoms with E-state index in [1.165, 1.54) is 23.5 Å². The lowest BCUT2D eigenvalue weighted by molar-refractivity contribution is 0.0218. The second-order valence-electron chi connectivity index (χ2n) is 11.5. The van der Waals surface area contributed by atoms with Crippen LogP contribution in [0.2, 0.25) is 0 Å². The van der Waals surface area contributed by atoms with Crippen molar-refractivity contribution in [2.24, 2.45) is 0 Å². The van der Waals surface area contributed by atoms with Gasteiger partial charge in [0.25, 0.3) is 0 Å². The number of amides is 1. The summed E-state index contributed by atoms with van der Waals surface area (Å²) < 4.78 is 21.0. The maximum Gasteiger partial charge on any atom is 0.410 e. The number of nitriles is 1. The van der Waals surface area contributed by atoms with Gasteiger partial charge in [-0.1, -0.05) is 18.3 Å². The second-order valence-corrected chi connectivity index (χ2v) is 12.4. The SMILES string of the molecule is CCc1nn2c(C)cc(N3CCN(C(=O)OC(C)(C)C)C[C@H]3C)nc2c1N(C)c1nc(-c2ccc(F)cc2)c(C#N)s1. The van der Waals surface area contributed by atoms with Gasteiger partial charge >= 0.3 is 6.09 Å². The summed E-state index contributed by atoms with van der Waals surface area (Å²) in [5.41, 5.74) is 3.92. The molecule has 5 rings (SSSR count). The lowest BCUT2D eigenvalue weighted by Gasteiger charge is -2.40. The van der Waals surface area contributed by atoms with E-state index in [2.05, 4.69) is 17.9 Å². The van der Waals surface area contributed by atoms with Gasteiger partial charge in [0.05, 0.1) is 5.69 Å². The molecule has 3 aromatic heterocycles. The molecule has 1 fully saturated rings. The highest BCUT2D eigenvalue weighted by Crippen LogP contribution is 2.38. The molecule has 4 heterocycles. The summed E-state index contributed by atoms with van der Waals surface area (Å²) in [4.78, 5) is 28.9. The van der Waals surface area contributed by atoms with Crippen LogP contribution < -0.4 is 9.80 Å². The van der Waals surface area contributed by atoms with Gasteiger partial charge in [0.2, 0.25) is 0 Å². The number of benzene rings is 1. The van der Waals surface area contributed by atoms with Crippen molar-refractivity contribution in [2.75, 3.05) is 36.5 Å². The van der Waals surface area contributed by atoms with Crippen LogP contribution in [-0.2, 0) is 11.2 Å². The Bertz CT molecular complexity index is 1670. The summed E-state index contributed by atoms with van der Waals surface area (Å²) in [6, 6.07) is 10.3. The van der Waals surface area contributed by atoms with Gasteiger partial charge in [0.15, 0.2) is 10.8 Å². The number of ether oxygens (including phenoxy) is 1. The Balaban J connectivity index is 1.50. The third-order valence-corrected chi connectivity index (χ3v) is 8.20. The minimum atomic E-state index is -0.548. The smallest absolute Gasteiger partial charge is 0.410 e. The molecule has 1 atom stereocenters. The molecule has 0 unspecified atom stereocenters. The van der Waals surface area contributed by atoms with Crippen molar-refractivity contribution < 1.29 is 13.9 Å². The van der Waals surface area contributed by atoms with Crippen LogP contribution in [0.3, 0.4) is 0 Å². The highest BCUT2D eigenvalue weighted by atomic mass is 32.1. The number of fused-ring (bicyclic) bond motifs is 1. The van der Waals surface area contributed by atoms with E-state index in [4.69, 9.17) is 19.8 Å². The van der Waals surface area contributed by atoms with Crippen LogP contribution in [0, 0.1) is 24.1 Å². The Kier molecular flexibility index (Phi) is 7.81. The Morgan fingerprint density at radius 3 is 2.57 bits per heavy atom. The normalized spacial score (nSPS) is 15.6. The van der Waals surface area contributed by atoms with Crippen molar-refractivity contribution in [1.82, 2.24) is 24.5 Å². The fourth-order valence-electron chi connectivity index (χ4n) is 5.13. The first-order valence-corrected chi connectivity index (χ1v) is 14.8. The molecule has 42 heavy (non-hydrogen) atoms.